The van der Waals surface area contributed by atoms with Crippen molar-refractivity contribution in [3.05, 3.63) is 6.92 Å². The van der Waals surface area contributed by atoms with Crippen molar-refractivity contribution >= 4 is 0 Å². The number of hydrogen-bond donors (Lipinski definition) is 1. The third-order valence-corrected chi connectivity index (χ3v) is 0. The summed E-state index contributed by atoms with van der Waals surface area (Å²) in [6.45, 7) is 6.59. The predicted molar refractivity (Wildman–Crippen MR) is 21.7 cm³/mol. The van der Waals surface area contributed by atoms with Gasteiger partial charge >= 0.3 is 0 Å². The minimum Gasteiger partial charge on any atom is -0.423 e. The fourth-order valence-electron chi connectivity index (χ4n) is 0. The van der Waals surface area contributed by atoms with Gasteiger partial charge in [-0.1, -0.05) is 19.4 Å². The zero-order valence-corrected chi connectivity index (χ0v) is 10.4. The minimum absolute atomic E-state index is 0. The normalized spacial score (nSPS) is 8.57. The van der Waals surface area contributed by atoms with Crippen LogP contribution in [0.3, 0.4) is 0 Å². The molecule has 0 aliphatic rings. The average Bonchev–Trinajstić information content (AvgIpc) is 0.722. The molecule has 0 bridgehead atoms. The van der Waals surface area contributed by atoms with E-state index in [1.165, 1.54) is 0 Å². The molecule has 0 rings (SSSR count). The van der Waals surface area contributed by atoms with E-state index in [9.17, 15) is 0 Å². The van der Waals surface area contributed by atoms with Gasteiger partial charge in [0.25, 0.3) is 0 Å². The van der Waals surface area contributed by atoms with Crippen molar-refractivity contribution in [2.45, 2.75) is 19.4 Å². The zero-order valence-electron chi connectivity index (χ0n) is 4.64. The van der Waals surface area contributed by atoms with Crippen molar-refractivity contribution in [2.75, 3.05) is 0 Å². The molecular weight excluding hydrogens is 337 g/mol. The second-order valence-electron chi connectivity index (χ2n) is 1.81. The van der Waals surface area contributed by atoms with Crippen LogP contribution in [-0.4, -0.2) is 10.7 Å². The third kappa shape index (κ3) is 83.5. The topological polar surface area (TPSA) is 20.2 Å². The van der Waals surface area contributed by atoms with Crippen LogP contribution in [0, 0.1) is 6.92 Å². The van der Waals surface area contributed by atoms with Gasteiger partial charge in [0.2, 0.25) is 0 Å². The summed E-state index contributed by atoms with van der Waals surface area (Å²) in [5.74, 6) is 0. The van der Waals surface area contributed by atoms with E-state index in [4.69, 9.17) is 5.11 Å². The van der Waals surface area contributed by atoms with Crippen LogP contribution >= 0.6 is 0 Å². The summed E-state index contributed by atoms with van der Waals surface area (Å²) in [5, 5.41) is 8.41. The first kappa shape index (κ1) is 15.9. The molecule has 0 aliphatic carbocycles. The van der Waals surface area contributed by atoms with E-state index in [0.717, 1.165) is 0 Å². The molecular formula is C4H9OWY-. The molecule has 0 aromatic rings. The Labute approximate surface area is 84.4 Å². The third-order valence-electron chi connectivity index (χ3n) is 0. The van der Waals surface area contributed by atoms with Crippen molar-refractivity contribution in [2.24, 2.45) is 0 Å². The smallest absolute Gasteiger partial charge is 0 e. The Morgan fingerprint density at radius 3 is 1.43 bits per heavy atom. The van der Waals surface area contributed by atoms with Crippen LogP contribution in [0.25, 0.3) is 0 Å². The Kier molecular flexibility index (Phi) is 13.4. The van der Waals surface area contributed by atoms with Crippen LogP contribution in [0.5, 0.6) is 0 Å². The Balaban J connectivity index is -0.0000000800. The van der Waals surface area contributed by atoms with Crippen molar-refractivity contribution in [3.8, 4) is 0 Å². The molecule has 0 heterocycles. The van der Waals surface area contributed by atoms with E-state index in [-0.39, 0.29) is 53.8 Å². The van der Waals surface area contributed by atoms with Crippen LogP contribution in [0.4, 0.5) is 0 Å². The van der Waals surface area contributed by atoms with Crippen LogP contribution in [-0.2, 0) is 53.8 Å². The molecule has 3 heteroatoms. The van der Waals surface area contributed by atoms with Gasteiger partial charge in [0.05, 0.1) is 0 Å². The second-order valence-corrected chi connectivity index (χ2v) is 1.81. The van der Waals surface area contributed by atoms with Crippen molar-refractivity contribution < 1.29 is 58.9 Å². The summed E-state index contributed by atoms with van der Waals surface area (Å²) in [6.07, 6.45) is 0. The molecule has 0 aliphatic heterocycles. The van der Waals surface area contributed by atoms with E-state index in [1.54, 1.807) is 13.8 Å². The molecule has 0 saturated heterocycles. The first-order valence-corrected chi connectivity index (χ1v) is 1.58. The Morgan fingerprint density at radius 1 is 1.43 bits per heavy atom. The fraction of sp³-hybridized carbons (Fsp3) is 0.750. The molecule has 41 valence electrons. The predicted octanol–water partition coefficient (Wildman–Crippen LogP) is 0.586. The Bertz CT molecular complexity index is 27.2. The largest absolute Gasteiger partial charge is 0.423 e. The molecule has 0 unspecified atom stereocenters. The van der Waals surface area contributed by atoms with Crippen molar-refractivity contribution in [1.29, 1.82) is 0 Å². The molecule has 1 nitrogen and oxygen atoms in total. The molecule has 0 atom stereocenters. The van der Waals surface area contributed by atoms with Crippen molar-refractivity contribution in [3.63, 3.8) is 0 Å². The Hall–Kier alpha value is 1.75. The molecule has 0 fully saturated rings. The first-order valence-electron chi connectivity index (χ1n) is 1.58. The van der Waals surface area contributed by atoms with Gasteiger partial charge in [0.1, 0.15) is 0 Å². The molecule has 0 aromatic heterocycles. The number of rotatable bonds is 0. The summed E-state index contributed by atoms with van der Waals surface area (Å²) >= 11 is 0. The van der Waals surface area contributed by atoms with Gasteiger partial charge in [0, 0.05) is 53.8 Å². The van der Waals surface area contributed by atoms with E-state index >= 15 is 0 Å². The maximum Gasteiger partial charge on any atom is 0 e. The molecule has 0 aromatic carbocycles. The molecule has 7 heavy (non-hydrogen) atoms. The standard InChI is InChI=1S/C4H9O.W.Y/c1-4(2,3)5;;/h5H,1H2,2-3H3;;/q-1;;. The molecule has 0 saturated carbocycles. The molecule has 0 spiro atoms. The minimum atomic E-state index is -0.750. The van der Waals surface area contributed by atoms with Gasteiger partial charge in [-0.2, -0.15) is 0 Å². The quantitative estimate of drug-likeness (QED) is 0.637. The first-order chi connectivity index (χ1) is 2.00. The van der Waals surface area contributed by atoms with Crippen LogP contribution in [0.15, 0.2) is 0 Å². The Morgan fingerprint density at radius 2 is 1.43 bits per heavy atom. The summed E-state index contributed by atoms with van der Waals surface area (Å²) in [5.41, 5.74) is -0.750. The van der Waals surface area contributed by atoms with Gasteiger partial charge in [-0.15, -0.1) is 0 Å². The zero-order chi connectivity index (χ0) is 4.50. The van der Waals surface area contributed by atoms with E-state index in [0.29, 0.717) is 0 Å². The molecule has 0 amide bonds. The molecule has 1 N–H and O–H groups in total. The average molecular weight is 346 g/mol. The fourth-order valence-corrected chi connectivity index (χ4v) is 0. The summed E-state index contributed by atoms with van der Waals surface area (Å²) in [6, 6.07) is 0. The SMILES string of the molecule is [CH2-]C(C)(C)O.[W].[Y]. The monoisotopic (exact) mass is 346 g/mol. The van der Waals surface area contributed by atoms with Gasteiger partial charge < -0.3 is 12.0 Å². The molecule has 1 radical (unpaired) electrons. The number of aliphatic hydroxyl groups is 1. The van der Waals surface area contributed by atoms with Gasteiger partial charge in [-0.3, -0.25) is 0 Å². The summed E-state index contributed by atoms with van der Waals surface area (Å²) < 4.78 is 0. The van der Waals surface area contributed by atoms with Crippen LogP contribution < -0.4 is 0 Å². The van der Waals surface area contributed by atoms with E-state index in [1.807, 2.05) is 0 Å². The maximum absolute atomic E-state index is 8.41. The van der Waals surface area contributed by atoms with E-state index in [2.05, 4.69) is 6.92 Å². The number of hydrogen-bond acceptors (Lipinski definition) is 1. The van der Waals surface area contributed by atoms with Crippen molar-refractivity contribution in [1.82, 2.24) is 0 Å². The van der Waals surface area contributed by atoms with Crippen LogP contribution in [0.2, 0.25) is 0 Å². The van der Waals surface area contributed by atoms with Crippen LogP contribution in [0.1, 0.15) is 13.8 Å². The van der Waals surface area contributed by atoms with Gasteiger partial charge in [-0.25, -0.2) is 0 Å². The van der Waals surface area contributed by atoms with Gasteiger partial charge in [0.15, 0.2) is 0 Å². The summed E-state index contributed by atoms with van der Waals surface area (Å²) in [4.78, 5) is 0. The maximum atomic E-state index is 8.41. The van der Waals surface area contributed by atoms with E-state index < -0.39 is 5.60 Å². The summed E-state index contributed by atoms with van der Waals surface area (Å²) in [7, 11) is 0. The van der Waals surface area contributed by atoms with Gasteiger partial charge in [-0.05, 0) is 0 Å². The second kappa shape index (κ2) is 5.88.